The third-order valence-corrected chi connectivity index (χ3v) is 8.96. The van der Waals surface area contributed by atoms with E-state index in [1.54, 1.807) is 6.07 Å². The summed E-state index contributed by atoms with van der Waals surface area (Å²) in [6.45, 7) is -0.0879. The second kappa shape index (κ2) is 10.2. The molecule has 11 heteroatoms. The summed E-state index contributed by atoms with van der Waals surface area (Å²) in [7, 11) is -4.29. The molecule has 198 valence electrons. The molecular weight excluding hydrogens is 501 g/mol. The van der Waals surface area contributed by atoms with Crippen LogP contribution in [0.25, 0.3) is 0 Å². The number of nitrogens with zero attached hydrogens (tertiary/aromatic N) is 2. The first-order valence-electron chi connectivity index (χ1n) is 12.6. The average Bonchev–Trinajstić information content (AvgIpc) is 3.11. The number of ether oxygens (including phenoxy) is 1. The molecule has 0 bridgehead atoms. The number of hydrogen-bond acceptors (Lipinski definition) is 5. The number of carbonyl (C=O) groups excluding carboxylic acids is 1. The number of rotatable bonds is 8. The number of benzene rings is 2. The summed E-state index contributed by atoms with van der Waals surface area (Å²) in [5.41, 5.74) is 1.40. The first kappa shape index (κ1) is 25.3. The van der Waals surface area contributed by atoms with Gasteiger partial charge in [0.15, 0.2) is 5.82 Å². The van der Waals surface area contributed by atoms with Crippen molar-refractivity contribution in [2.24, 2.45) is 5.92 Å². The van der Waals surface area contributed by atoms with Crippen LogP contribution < -0.4 is 13.8 Å². The zero-order valence-electron chi connectivity index (χ0n) is 20.4. The average molecular weight is 532 g/mol. The van der Waals surface area contributed by atoms with Crippen molar-refractivity contribution in [2.45, 2.75) is 57.6 Å². The van der Waals surface area contributed by atoms with Crippen molar-refractivity contribution >= 4 is 27.9 Å². The number of anilines is 1. The molecule has 1 heterocycles. The van der Waals surface area contributed by atoms with Gasteiger partial charge in [-0.2, -0.15) is 8.42 Å². The fraction of sp³-hybridized carbons (Fsp3) is 0.462. The molecule has 1 aliphatic heterocycles. The smallest absolute Gasteiger partial charge is 0.407 e. The molecule has 2 fully saturated rings. The van der Waals surface area contributed by atoms with Crippen molar-refractivity contribution in [1.82, 2.24) is 9.62 Å². The van der Waals surface area contributed by atoms with Gasteiger partial charge in [-0.1, -0.05) is 49.6 Å². The summed E-state index contributed by atoms with van der Waals surface area (Å²) >= 11 is 0. The van der Waals surface area contributed by atoms with Crippen molar-refractivity contribution in [1.29, 1.82) is 0 Å². The van der Waals surface area contributed by atoms with Gasteiger partial charge >= 0.3 is 16.3 Å². The largest absolute Gasteiger partial charge is 0.487 e. The molecule has 9 nitrogen and oxygen atoms in total. The quantitative estimate of drug-likeness (QED) is 0.538. The molecule has 1 saturated heterocycles. The van der Waals surface area contributed by atoms with Gasteiger partial charge in [0.25, 0.3) is 5.91 Å². The van der Waals surface area contributed by atoms with Crippen LogP contribution in [0.3, 0.4) is 0 Å². The van der Waals surface area contributed by atoms with E-state index in [1.165, 1.54) is 11.3 Å². The molecule has 5 rings (SSSR count). The molecule has 0 aromatic heterocycles. The maximum atomic E-state index is 16.2. The van der Waals surface area contributed by atoms with Crippen LogP contribution >= 0.6 is 0 Å². The molecule has 1 atom stereocenters. The minimum Gasteiger partial charge on any atom is -0.487 e. The Hall–Kier alpha value is -3.34. The van der Waals surface area contributed by atoms with E-state index >= 15 is 4.39 Å². The molecule has 1 saturated carbocycles. The summed E-state index contributed by atoms with van der Waals surface area (Å²) in [6.07, 6.45) is 4.24. The Balaban J connectivity index is 1.47. The lowest BCUT2D eigenvalue weighted by molar-refractivity contribution is -0.117. The van der Waals surface area contributed by atoms with Crippen LogP contribution in [-0.2, 0) is 34.5 Å². The lowest BCUT2D eigenvalue weighted by Crippen LogP contribution is -2.44. The van der Waals surface area contributed by atoms with Gasteiger partial charge < -0.3 is 14.7 Å². The van der Waals surface area contributed by atoms with E-state index in [0.717, 1.165) is 24.8 Å². The Labute approximate surface area is 215 Å². The minimum absolute atomic E-state index is 0.0266. The molecular formula is C26H30FN3O6S. The number of carbonyl (C=O) groups is 2. The van der Waals surface area contributed by atoms with Crippen molar-refractivity contribution in [2.75, 3.05) is 17.4 Å². The number of nitrogens with one attached hydrogen (secondary N) is 1. The normalized spacial score (nSPS) is 20.6. The van der Waals surface area contributed by atoms with E-state index in [9.17, 15) is 23.1 Å². The van der Waals surface area contributed by atoms with Gasteiger partial charge in [0.2, 0.25) is 0 Å². The maximum Gasteiger partial charge on any atom is 0.407 e. The van der Waals surface area contributed by atoms with E-state index in [0.29, 0.717) is 35.2 Å². The molecule has 2 aromatic carbocycles. The highest BCUT2D eigenvalue weighted by Gasteiger charge is 2.40. The second-order valence-corrected chi connectivity index (χ2v) is 11.5. The minimum atomic E-state index is -4.29. The fourth-order valence-corrected chi connectivity index (χ4v) is 6.50. The van der Waals surface area contributed by atoms with Crippen LogP contribution in [0.15, 0.2) is 36.4 Å². The Bertz CT molecular complexity index is 1300. The molecule has 2 aromatic rings. The van der Waals surface area contributed by atoms with E-state index in [1.807, 2.05) is 35.1 Å². The molecule has 0 spiro atoms. The Kier molecular flexibility index (Phi) is 6.98. The third kappa shape index (κ3) is 5.22. The van der Waals surface area contributed by atoms with E-state index < -0.39 is 40.6 Å². The van der Waals surface area contributed by atoms with E-state index in [2.05, 4.69) is 0 Å². The van der Waals surface area contributed by atoms with Crippen LogP contribution in [0.4, 0.5) is 14.9 Å². The summed E-state index contributed by atoms with van der Waals surface area (Å²) in [6, 6.07) is 10.4. The van der Waals surface area contributed by atoms with Crippen LogP contribution in [0.5, 0.6) is 5.75 Å². The van der Waals surface area contributed by atoms with Crippen LogP contribution in [0, 0.1) is 11.7 Å². The highest BCUT2D eigenvalue weighted by atomic mass is 32.2. The van der Waals surface area contributed by atoms with Gasteiger partial charge in [0.1, 0.15) is 24.6 Å². The summed E-state index contributed by atoms with van der Waals surface area (Å²) < 4.78 is 50.0. The fourth-order valence-electron chi connectivity index (χ4n) is 5.34. The molecule has 0 radical (unpaired) electrons. The Morgan fingerprint density at radius 3 is 2.59 bits per heavy atom. The topological polar surface area (TPSA) is 116 Å². The summed E-state index contributed by atoms with van der Waals surface area (Å²) in [5, 5.41) is 9.87. The number of aryl methyl sites for hydroxylation is 1. The van der Waals surface area contributed by atoms with Crippen molar-refractivity contribution in [3.8, 4) is 5.75 Å². The van der Waals surface area contributed by atoms with Gasteiger partial charge in [0.05, 0.1) is 0 Å². The van der Waals surface area contributed by atoms with Crippen LogP contribution in [0.2, 0.25) is 0 Å². The highest BCUT2D eigenvalue weighted by Crippen LogP contribution is 2.41. The summed E-state index contributed by atoms with van der Waals surface area (Å²) in [4.78, 5) is 25.4. The predicted octanol–water partition coefficient (Wildman–Crippen LogP) is 3.61. The van der Waals surface area contributed by atoms with Gasteiger partial charge in [-0.15, -0.1) is 0 Å². The Morgan fingerprint density at radius 1 is 1.22 bits per heavy atom. The van der Waals surface area contributed by atoms with Crippen molar-refractivity contribution < 1.29 is 32.2 Å². The first-order valence-corrected chi connectivity index (χ1v) is 14.0. The molecule has 2 aliphatic carbocycles. The van der Waals surface area contributed by atoms with Crippen molar-refractivity contribution in [3.05, 3.63) is 58.9 Å². The zero-order valence-corrected chi connectivity index (χ0v) is 21.2. The predicted molar refractivity (Wildman–Crippen MR) is 134 cm³/mol. The number of fused-ring (bicyclic) bond motifs is 1. The van der Waals surface area contributed by atoms with E-state index in [4.69, 9.17) is 4.74 Å². The standard InChI is InChI=1S/C26H30FN3O6S/c27-24-21-14-20(29(26(32)33)12-11-17-7-4-8-17)10-9-19(21)13-22(36-16-18-5-2-1-3-6-18)25(24)30-15-23(31)28-37(30,34)35/h1-3,5-6,13,17,20H,4,7-12,14-16H2,(H,28,31)(H,32,33)/t20-/m1/s1. The lowest BCUT2D eigenvalue weighted by atomic mass is 9.82. The van der Waals surface area contributed by atoms with Crippen LogP contribution in [-0.4, -0.2) is 49.6 Å². The first-order chi connectivity index (χ1) is 17.7. The SMILES string of the molecule is O=C1CN(c2c(OCc3ccccc3)cc3c(c2F)C[C@H](N(CCC2CCC2)C(=O)O)CC3)S(=O)(=O)N1. The van der Waals surface area contributed by atoms with Gasteiger partial charge in [-0.3, -0.25) is 4.79 Å². The molecule has 2 N–H and O–H groups in total. The second-order valence-electron chi connectivity index (χ2n) is 9.94. The van der Waals surface area contributed by atoms with E-state index in [-0.39, 0.29) is 30.0 Å². The maximum absolute atomic E-state index is 16.2. The lowest BCUT2D eigenvalue weighted by Gasteiger charge is -2.36. The van der Waals surface area contributed by atoms with Gasteiger partial charge in [-0.25, -0.2) is 18.2 Å². The molecule has 2 amide bonds. The third-order valence-electron chi connectivity index (χ3n) is 7.58. The number of carboxylic acid groups (broad SMARTS) is 1. The number of hydrogen-bond donors (Lipinski definition) is 2. The van der Waals surface area contributed by atoms with Crippen molar-refractivity contribution in [3.63, 3.8) is 0 Å². The molecule has 37 heavy (non-hydrogen) atoms. The number of amides is 2. The van der Waals surface area contributed by atoms with Crippen LogP contribution in [0.1, 0.15) is 48.8 Å². The molecule has 3 aliphatic rings. The zero-order chi connectivity index (χ0) is 26.2. The Morgan fingerprint density at radius 2 is 1.97 bits per heavy atom. The molecule has 0 unspecified atom stereocenters. The monoisotopic (exact) mass is 531 g/mol. The van der Waals surface area contributed by atoms with Gasteiger partial charge in [-0.05, 0) is 54.4 Å². The summed E-state index contributed by atoms with van der Waals surface area (Å²) in [5.74, 6) is -0.999. The number of halogens is 1. The highest BCUT2D eigenvalue weighted by molar-refractivity contribution is 7.92. The van der Waals surface area contributed by atoms with Gasteiger partial charge in [0, 0.05) is 12.6 Å².